The van der Waals surface area contributed by atoms with Gasteiger partial charge in [-0.3, -0.25) is 4.79 Å². The van der Waals surface area contributed by atoms with Crippen LogP contribution in [-0.2, 0) is 0 Å². The molecular weight excluding hydrogens is 233 g/mol. The van der Waals surface area contributed by atoms with E-state index < -0.39 is 34.0 Å². The molecule has 2 nitrogen and oxygen atoms in total. The second kappa shape index (κ2) is 4.53. The van der Waals surface area contributed by atoms with Gasteiger partial charge in [-0.05, 0) is 24.6 Å². The van der Waals surface area contributed by atoms with Crippen molar-refractivity contribution >= 4 is 16.8 Å². The Morgan fingerprint density at radius 3 is 2.47 bits per heavy atom. The van der Waals surface area contributed by atoms with Crippen molar-refractivity contribution in [3.63, 3.8) is 0 Å². The lowest BCUT2D eigenvalue weighted by Gasteiger charge is -2.08. The van der Waals surface area contributed by atoms with Crippen LogP contribution >= 0.6 is 11.6 Å². The van der Waals surface area contributed by atoms with Crippen molar-refractivity contribution in [1.29, 1.82) is 0 Å². The first-order valence-corrected chi connectivity index (χ1v) is 4.37. The number of hydrogen-bond acceptors (Lipinski definition) is 2. The molecule has 0 atom stereocenters. The molecule has 0 aliphatic carbocycles. The Hall–Kier alpha value is -1.23. The molecule has 0 aromatic heterocycles. The van der Waals surface area contributed by atoms with Gasteiger partial charge >= 0.3 is 0 Å². The van der Waals surface area contributed by atoms with Crippen LogP contribution in [0.4, 0.5) is 13.2 Å². The molecule has 0 N–H and O–H groups in total. The van der Waals surface area contributed by atoms with Crippen LogP contribution in [-0.4, -0.2) is 11.8 Å². The summed E-state index contributed by atoms with van der Waals surface area (Å²) in [5.41, 5.74) is -0.751. The van der Waals surface area contributed by atoms with E-state index >= 15 is 0 Å². The number of carbonyl (C=O) groups is 1. The second-order valence-corrected chi connectivity index (χ2v) is 2.91. The third-order valence-electron chi connectivity index (χ3n) is 1.62. The molecule has 0 saturated carbocycles. The van der Waals surface area contributed by atoms with E-state index in [9.17, 15) is 18.0 Å². The summed E-state index contributed by atoms with van der Waals surface area (Å²) in [6.07, 6.45) is 0. The van der Waals surface area contributed by atoms with E-state index in [1.54, 1.807) is 0 Å². The zero-order chi connectivity index (χ0) is 11.6. The molecule has 0 unspecified atom stereocenters. The number of ether oxygens (including phenoxy) is 1. The molecule has 1 aromatic rings. The van der Waals surface area contributed by atoms with Crippen LogP contribution < -0.4 is 4.74 Å². The topological polar surface area (TPSA) is 26.3 Å². The van der Waals surface area contributed by atoms with Crippen molar-refractivity contribution in [1.82, 2.24) is 0 Å². The highest BCUT2D eigenvalue weighted by atomic mass is 35.5. The van der Waals surface area contributed by atoms with Gasteiger partial charge in [0.2, 0.25) is 5.82 Å². The van der Waals surface area contributed by atoms with Crippen molar-refractivity contribution in [2.24, 2.45) is 0 Å². The summed E-state index contributed by atoms with van der Waals surface area (Å²) in [6, 6.07) is 0.391. The molecule has 1 aromatic carbocycles. The van der Waals surface area contributed by atoms with E-state index in [1.807, 2.05) is 0 Å². The average Bonchev–Trinajstić information content (AvgIpc) is 2.18. The fourth-order valence-electron chi connectivity index (χ4n) is 0.995. The highest BCUT2D eigenvalue weighted by molar-refractivity contribution is 6.67. The highest BCUT2D eigenvalue weighted by Gasteiger charge is 2.22. The van der Waals surface area contributed by atoms with E-state index in [1.165, 1.54) is 6.92 Å². The van der Waals surface area contributed by atoms with Crippen LogP contribution in [0.2, 0.25) is 0 Å². The number of hydrogen-bond donors (Lipinski definition) is 0. The summed E-state index contributed by atoms with van der Waals surface area (Å²) < 4.78 is 43.7. The Morgan fingerprint density at radius 2 is 2.00 bits per heavy atom. The van der Waals surface area contributed by atoms with Gasteiger partial charge in [0.25, 0.3) is 5.24 Å². The second-order valence-electron chi connectivity index (χ2n) is 2.57. The molecule has 6 heteroatoms. The van der Waals surface area contributed by atoms with Gasteiger partial charge in [-0.25, -0.2) is 8.78 Å². The summed E-state index contributed by atoms with van der Waals surface area (Å²) in [7, 11) is 0. The highest BCUT2D eigenvalue weighted by Crippen LogP contribution is 2.28. The molecule has 0 saturated heterocycles. The molecule has 0 amide bonds. The largest absolute Gasteiger partial charge is 0.488 e. The Labute approximate surface area is 88.6 Å². The quantitative estimate of drug-likeness (QED) is 0.598. The lowest BCUT2D eigenvalue weighted by atomic mass is 10.2. The molecule has 0 aliphatic rings. The Morgan fingerprint density at radius 1 is 1.40 bits per heavy atom. The maximum absolute atomic E-state index is 13.3. The van der Waals surface area contributed by atoms with Crippen molar-refractivity contribution < 1.29 is 22.7 Å². The van der Waals surface area contributed by atoms with Crippen LogP contribution in [0.5, 0.6) is 5.75 Å². The number of carbonyl (C=O) groups excluding carboxylic acids is 1. The first-order valence-electron chi connectivity index (χ1n) is 3.99. The molecule has 0 spiro atoms. The minimum atomic E-state index is -1.48. The van der Waals surface area contributed by atoms with Gasteiger partial charge in [-0.1, -0.05) is 0 Å². The van der Waals surface area contributed by atoms with Gasteiger partial charge in [-0.15, -0.1) is 0 Å². The fourth-order valence-corrected chi connectivity index (χ4v) is 1.13. The molecule has 0 radical (unpaired) electrons. The maximum atomic E-state index is 13.3. The van der Waals surface area contributed by atoms with Crippen molar-refractivity contribution in [2.75, 3.05) is 6.61 Å². The third kappa shape index (κ3) is 2.23. The zero-order valence-corrected chi connectivity index (χ0v) is 8.37. The molecule has 0 heterocycles. The standard InChI is InChI=1S/C9H6ClF3O2/c1-2-15-8-6(12)4(9(10)14)3-5(11)7(8)13/h3H,2H2,1H3. The van der Waals surface area contributed by atoms with E-state index in [2.05, 4.69) is 4.74 Å². The Bertz CT molecular complexity index is 407. The molecule has 0 fully saturated rings. The third-order valence-corrected chi connectivity index (χ3v) is 1.82. The maximum Gasteiger partial charge on any atom is 0.255 e. The zero-order valence-electron chi connectivity index (χ0n) is 7.61. The molecule has 0 aliphatic heterocycles. The van der Waals surface area contributed by atoms with Gasteiger partial charge < -0.3 is 4.74 Å². The number of rotatable bonds is 3. The van der Waals surface area contributed by atoms with Crippen LogP contribution in [0.1, 0.15) is 17.3 Å². The van der Waals surface area contributed by atoms with Crippen LogP contribution in [0.25, 0.3) is 0 Å². The minimum Gasteiger partial charge on any atom is -0.488 e. The van der Waals surface area contributed by atoms with Crippen LogP contribution in [0, 0.1) is 17.5 Å². The molecule has 82 valence electrons. The lowest BCUT2D eigenvalue weighted by molar-refractivity contribution is 0.107. The predicted molar refractivity (Wildman–Crippen MR) is 47.7 cm³/mol. The van der Waals surface area contributed by atoms with Gasteiger partial charge in [0.05, 0.1) is 12.2 Å². The van der Waals surface area contributed by atoms with Crippen molar-refractivity contribution in [3.8, 4) is 5.75 Å². The van der Waals surface area contributed by atoms with Gasteiger partial charge in [-0.2, -0.15) is 4.39 Å². The Kier molecular flexibility index (Phi) is 3.57. The molecule has 1 rings (SSSR count). The first-order chi connectivity index (χ1) is 6.99. The van der Waals surface area contributed by atoms with Gasteiger partial charge in [0.15, 0.2) is 17.4 Å². The van der Waals surface area contributed by atoms with Crippen molar-refractivity contribution in [2.45, 2.75) is 6.92 Å². The van der Waals surface area contributed by atoms with Crippen molar-refractivity contribution in [3.05, 3.63) is 29.1 Å². The predicted octanol–water partition coefficient (Wildman–Crippen LogP) is 2.88. The van der Waals surface area contributed by atoms with Gasteiger partial charge in [0, 0.05) is 0 Å². The number of halogens is 4. The number of benzene rings is 1. The SMILES string of the molecule is CCOc1c(F)c(F)cc(C(=O)Cl)c1F. The summed E-state index contributed by atoms with van der Waals surface area (Å²) in [6.45, 7) is 1.40. The summed E-state index contributed by atoms with van der Waals surface area (Å²) in [5.74, 6) is -5.09. The summed E-state index contributed by atoms with van der Waals surface area (Å²) in [4.78, 5) is 10.7. The fraction of sp³-hybridized carbons (Fsp3) is 0.222. The molecular formula is C9H6ClF3O2. The van der Waals surface area contributed by atoms with E-state index in [-0.39, 0.29) is 6.61 Å². The average molecular weight is 239 g/mol. The minimum absolute atomic E-state index is 0.0623. The van der Waals surface area contributed by atoms with E-state index in [4.69, 9.17) is 11.6 Å². The van der Waals surface area contributed by atoms with E-state index in [0.29, 0.717) is 6.07 Å². The first kappa shape index (κ1) is 11.8. The van der Waals surface area contributed by atoms with Crippen LogP contribution in [0.3, 0.4) is 0 Å². The lowest BCUT2D eigenvalue weighted by Crippen LogP contribution is -2.05. The smallest absolute Gasteiger partial charge is 0.255 e. The van der Waals surface area contributed by atoms with E-state index in [0.717, 1.165) is 0 Å². The summed E-state index contributed by atoms with van der Waals surface area (Å²) in [5, 5.41) is -1.22. The van der Waals surface area contributed by atoms with Gasteiger partial charge in [0.1, 0.15) is 0 Å². The monoisotopic (exact) mass is 238 g/mol. The van der Waals surface area contributed by atoms with Crippen LogP contribution in [0.15, 0.2) is 6.07 Å². The normalized spacial score (nSPS) is 10.2. The summed E-state index contributed by atoms with van der Waals surface area (Å²) >= 11 is 4.98. The molecule has 0 bridgehead atoms. The Balaban J connectivity index is 3.41. The molecule has 15 heavy (non-hydrogen) atoms.